The topological polar surface area (TPSA) is 46.5 Å². The first kappa shape index (κ1) is 16.4. The van der Waals surface area contributed by atoms with E-state index in [1.807, 2.05) is 44.4 Å². The summed E-state index contributed by atoms with van der Waals surface area (Å²) in [7, 11) is 3.85. The fourth-order valence-corrected chi connectivity index (χ4v) is 2.18. The molecule has 0 spiro atoms. The van der Waals surface area contributed by atoms with Crippen LogP contribution in [0.25, 0.3) is 0 Å². The number of quaternary nitrogens is 1. The van der Waals surface area contributed by atoms with Gasteiger partial charge < -0.3 is 9.84 Å². The quantitative estimate of drug-likeness (QED) is 0.375. The summed E-state index contributed by atoms with van der Waals surface area (Å²) in [6, 6.07) is 9.91. The summed E-state index contributed by atoms with van der Waals surface area (Å²) in [4.78, 5) is 11.7. The van der Waals surface area contributed by atoms with Gasteiger partial charge in [-0.15, -0.1) is 0 Å². The lowest BCUT2D eigenvalue weighted by Gasteiger charge is -2.38. The van der Waals surface area contributed by atoms with Crippen LogP contribution in [0.5, 0.6) is 0 Å². The first-order chi connectivity index (χ1) is 9.24. The van der Waals surface area contributed by atoms with Crippen LogP contribution in [0, 0.1) is 0 Å². The predicted molar refractivity (Wildman–Crippen MR) is 78.6 cm³/mol. The van der Waals surface area contributed by atoms with E-state index in [1.165, 1.54) is 0 Å². The number of carbonyl (C=O) groups excluding carboxylic acids is 1. The Hall–Kier alpha value is -1.65. The molecule has 1 rings (SSSR count). The van der Waals surface area contributed by atoms with Gasteiger partial charge in [-0.1, -0.05) is 36.9 Å². The fourth-order valence-electron chi connectivity index (χ4n) is 2.18. The maximum Gasteiger partial charge on any atom is 0.337 e. The SMILES string of the molecule is C=C(C)C(=O)OC(C(C)O)[N+](C)(C)Cc1ccccc1. The van der Waals surface area contributed by atoms with Crippen molar-refractivity contribution in [2.75, 3.05) is 14.1 Å². The van der Waals surface area contributed by atoms with Gasteiger partial charge in [0.25, 0.3) is 6.23 Å². The third-order valence-corrected chi connectivity index (χ3v) is 3.11. The lowest BCUT2D eigenvalue weighted by Crippen LogP contribution is -2.55. The van der Waals surface area contributed by atoms with Gasteiger partial charge in [-0.2, -0.15) is 0 Å². The molecule has 0 aliphatic rings. The first-order valence-electron chi connectivity index (χ1n) is 6.65. The minimum atomic E-state index is -0.767. The van der Waals surface area contributed by atoms with E-state index < -0.39 is 18.3 Å². The summed E-state index contributed by atoms with van der Waals surface area (Å²) >= 11 is 0. The molecule has 0 heterocycles. The second-order valence-electron chi connectivity index (χ2n) is 5.74. The molecule has 0 aliphatic carbocycles. The molecule has 0 saturated carbocycles. The number of aliphatic hydroxyl groups excluding tert-OH is 1. The third-order valence-electron chi connectivity index (χ3n) is 3.11. The Labute approximate surface area is 120 Å². The molecule has 0 bridgehead atoms. The number of carbonyl (C=O) groups is 1. The summed E-state index contributed by atoms with van der Waals surface area (Å²) in [6.07, 6.45) is -1.41. The van der Waals surface area contributed by atoms with Crippen LogP contribution in [-0.2, 0) is 16.1 Å². The molecule has 4 nitrogen and oxygen atoms in total. The Morgan fingerprint density at radius 2 is 1.90 bits per heavy atom. The van der Waals surface area contributed by atoms with Crippen molar-refractivity contribution in [3.63, 3.8) is 0 Å². The van der Waals surface area contributed by atoms with Crippen molar-refractivity contribution in [3.8, 4) is 0 Å². The predicted octanol–water partition coefficient (Wildman–Crippen LogP) is 2.09. The largest absolute Gasteiger partial charge is 0.406 e. The maximum atomic E-state index is 11.7. The van der Waals surface area contributed by atoms with Gasteiger partial charge in [0.15, 0.2) is 0 Å². The lowest BCUT2D eigenvalue weighted by molar-refractivity contribution is -0.950. The molecule has 110 valence electrons. The standard InChI is InChI=1S/C16H24NO3/c1-12(2)16(19)20-15(13(3)18)17(4,5)11-14-9-7-6-8-10-14/h6-10,13,15,18H,1,11H2,2-5H3/q+1. The molecule has 0 amide bonds. The average molecular weight is 278 g/mol. The molecule has 0 radical (unpaired) electrons. The highest BCUT2D eigenvalue weighted by molar-refractivity contribution is 5.87. The van der Waals surface area contributed by atoms with Gasteiger partial charge in [-0.3, -0.25) is 4.48 Å². The molecule has 1 N–H and O–H groups in total. The summed E-state index contributed by atoms with van der Waals surface area (Å²) in [6.45, 7) is 7.45. The summed E-state index contributed by atoms with van der Waals surface area (Å²) in [5.74, 6) is -0.477. The number of hydrogen-bond acceptors (Lipinski definition) is 3. The van der Waals surface area contributed by atoms with E-state index in [1.54, 1.807) is 13.8 Å². The number of rotatable bonds is 6. The third kappa shape index (κ3) is 4.47. The monoisotopic (exact) mass is 278 g/mol. The van der Waals surface area contributed by atoms with Crippen molar-refractivity contribution >= 4 is 5.97 Å². The molecule has 20 heavy (non-hydrogen) atoms. The van der Waals surface area contributed by atoms with E-state index in [4.69, 9.17) is 4.74 Å². The van der Waals surface area contributed by atoms with Crippen LogP contribution in [0.15, 0.2) is 42.5 Å². The first-order valence-corrected chi connectivity index (χ1v) is 6.65. The minimum absolute atomic E-state index is 0.329. The summed E-state index contributed by atoms with van der Waals surface area (Å²) in [5.41, 5.74) is 1.45. The van der Waals surface area contributed by atoms with Gasteiger partial charge in [-0.05, 0) is 13.8 Å². The van der Waals surface area contributed by atoms with Gasteiger partial charge in [0.2, 0.25) is 0 Å². The van der Waals surface area contributed by atoms with Gasteiger partial charge in [0, 0.05) is 11.1 Å². The molecule has 1 aromatic carbocycles. The number of benzene rings is 1. The second kappa shape index (κ2) is 6.68. The highest BCUT2D eigenvalue weighted by atomic mass is 16.6. The zero-order valence-electron chi connectivity index (χ0n) is 12.7. The van der Waals surface area contributed by atoms with Crippen molar-refractivity contribution in [2.45, 2.75) is 32.7 Å². The Kier molecular flexibility index (Phi) is 5.48. The van der Waals surface area contributed by atoms with Crippen molar-refractivity contribution in [1.82, 2.24) is 0 Å². The van der Waals surface area contributed by atoms with Crippen LogP contribution in [0.2, 0.25) is 0 Å². The van der Waals surface area contributed by atoms with Crippen LogP contribution >= 0.6 is 0 Å². The molecule has 0 aromatic heterocycles. The van der Waals surface area contributed by atoms with Crippen molar-refractivity contribution in [3.05, 3.63) is 48.0 Å². The normalized spacial score (nSPS) is 14.4. The second-order valence-corrected chi connectivity index (χ2v) is 5.74. The molecular weight excluding hydrogens is 254 g/mol. The molecule has 2 unspecified atom stereocenters. The lowest BCUT2D eigenvalue weighted by atomic mass is 10.1. The zero-order valence-corrected chi connectivity index (χ0v) is 12.7. The molecule has 1 aromatic rings. The highest BCUT2D eigenvalue weighted by Crippen LogP contribution is 2.19. The molecule has 0 aliphatic heterocycles. The summed E-state index contributed by atoms with van der Waals surface area (Å²) < 4.78 is 5.74. The van der Waals surface area contributed by atoms with Gasteiger partial charge in [0.05, 0.1) is 14.1 Å². The van der Waals surface area contributed by atoms with Crippen molar-refractivity contribution < 1.29 is 19.1 Å². The fraction of sp³-hybridized carbons (Fsp3) is 0.438. The van der Waals surface area contributed by atoms with Crippen LogP contribution < -0.4 is 0 Å². The van der Waals surface area contributed by atoms with E-state index in [-0.39, 0.29) is 0 Å². The number of esters is 1. The zero-order chi connectivity index (χ0) is 15.3. The van der Waals surface area contributed by atoms with Crippen molar-refractivity contribution in [1.29, 1.82) is 0 Å². The van der Waals surface area contributed by atoms with Crippen LogP contribution in [0.3, 0.4) is 0 Å². The Balaban J connectivity index is 2.88. The molecular formula is C16H24NO3+. The molecule has 0 fully saturated rings. The maximum absolute atomic E-state index is 11.7. The van der Waals surface area contributed by atoms with E-state index in [9.17, 15) is 9.90 Å². The number of likely N-dealkylation sites (N-methyl/N-ethyl adjacent to an activating group) is 1. The molecule has 0 saturated heterocycles. The molecule has 4 heteroatoms. The number of nitrogens with zero attached hydrogens (tertiary/aromatic N) is 1. The smallest absolute Gasteiger partial charge is 0.337 e. The van der Waals surface area contributed by atoms with Gasteiger partial charge in [-0.25, -0.2) is 4.79 Å². The van der Waals surface area contributed by atoms with Gasteiger partial charge >= 0.3 is 5.97 Å². The number of aliphatic hydroxyl groups is 1. The van der Waals surface area contributed by atoms with Gasteiger partial charge in [0.1, 0.15) is 12.6 Å². The highest BCUT2D eigenvalue weighted by Gasteiger charge is 2.36. The Morgan fingerprint density at radius 1 is 1.35 bits per heavy atom. The average Bonchev–Trinajstić information content (AvgIpc) is 2.35. The van der Waals surface area contributed by atoms with E-state index in [2.05, 4.69) is 6.58 Å². The molecule has 2 atom stereocenters. The summed E-state index contributed by atoms with van der Waals surface area (Å²) in [5, 5.41) is 9.93. The van der Waals surface area contributed by atoms with E-state index in [0.717, 1.165) is 5.56 Å². The van der Waals surface area contributed by atoms with Crippen LogP contribution in [0.1, 0.15) is 19.4 Å². The minimum Gasteiger partial charge on any atom is -0.406 e. The number of hydrogen-bond donors (Lipinski definition) is 1. The van der Waals surface area contributed by atoms with E-state index >= 15 is 0 Å². The Morgan fingerprint density at radius 3 is 2.35 bits per heavy atom. The van der Waals surface area contributed by atoms with Crippen molar-refractivity contribution in [2.24, 2.45) is 0 Å². The number of ether oxygens (including phenoxy) is 1. The van der Waals surface area contributed by atoms with Crippen LogP contribution in [0.4, 0.5) is 0 Å². The van der Waals surface area contributed by atoms with E-state index in [0.29, 0.717) is 16.6 Å². The Bertz CT molecular complexity index is 466. The van der Waals surface area contributed by atoms with Crippen LogP contribution in [-0.4, -0.2) is 42.0 Å².